The summed E-state index contributed by atoms with van der Waals surface area (Å²) in [5.74, 6) is -3.80. The molecule has 1 aromatic heterocycles. The van der Waals surface area contributed by atoms with Crippen molar-refractivity contribution < 1.29 is 26.3 Å². The van der Waals surface area contributed by atoms with Crippen molar-refractivity contribution in [3.63, 3.8) is 0 Å². The summed E-state index contributed by atoms with van der Waals surface area (Å²) < 4.78 is 81.2. The Hall–Kier alpha value is -3.61. The lowest BCUT2D eigenvalue weighted by Crippen LogP contribution is -2.12. The fourth-order valence-electron chi connectivity index (χ4n) is 4.35. The molecule has 0 aliphatic heterocycles. The molecule has 37 heavy (non-hydrogen) atoms. The summed E-state index contributed by atoms with van der Waals surface area (Å²) in [7, 11) is 0. The van der Waals surface area contributed by atoms with Gasteiger partial charge in [0.25, 0.3) is 0 Å². The van der Waals surface area contributed by atoms with Gasteiger partial charge in [-0.2, -0.15) is 13.2 Å². The van der Waals surface area contributed by atoms with Crippen LogP contribution in [0.3, 0.4) is 0 Å². The first-order valence-electron chi connectivity index (χ1n) is 12.0. The van der Waals surface area contributed by atoms with Gasteiger partial charge in [0.2, 0.25) is 0 Å². The lowest BCUT2D eigenvalue weighted by atomic mass is 9.97. The van der Waals surface area contributed by atoms with E-state index >= 15 is 4.39 Å². The summed E-state index contributed by atoms with van der Waals surface area (Å²) in [5.41, 5.74) is 1.60. The van der Waals surface area contributed by atoms with Gasteiger partial charge in [-0.25, -0.2) is 13.2 Å². The van der Waals surface area contributed by atoms with E-state index in [1.165, 1.54) is 0 Å². The molecule has 4 rings (SSSR count). The van der Waals surface area contributed by atoms with E-state index in [0.717, 1.165) is 47.9 Å². The topological polar surface area (TPSA) is 12.9 Å². The summed E-state index contributed by atoms with van der Waals surface area (Å²) >= 11 is 0. The molecule has 192 valence electrons. The van der Waals surface area contributed by atoms with Crippen molar-refractivity contribution in [3.8, 4) is 0 Å². The summed E-state index contributed by atoms with van der Waals surface area (Å²) in [5, 5.41) is 1.13. The summed E-state index contributed by atoms with van der Waals surface area (Å²) in [6.07, 6.45) is 2.01. The Balaban J connectivity index is 1.43. The largest absolute Gasteiger partial charge is 0.422 e. The highest BCUT2D eigenvalue weighted by molar-refractivity contribution is 5.84. The average molecular weight is 514 g/mol. The third kappa shape index (κ3) is 6.40. The number of fused-ring (bicyclic) bond motifs is 1. The number of halogens is 6. The van der Waals surface area contributed by atoms with Gasteiger partial charge in [0, 0.05) is 17.3 Å². The molecule has 0 aliphatic carbocycles. The van der Waals surface area contributed by atoms with E-state index in [2.05, 4.69) is 17.6 Å². The fourth-order valence-corrected chi connectivity index (χ4v) is 4.35. The van der Waals surface area contributed by atoms with Crippen LogP contribution in [0.25, 0.3) is 10.8 Å². The van der Waals surface area contributed by atoms with Crippen molar-refractivity contribution in [3.05, 3.63) is 124 Å². The molecule has 1 nitrogen and oxygen atoms in total. The van der Waals surface area contributed by atoms with E-state index in [4.69, 9.17) is 0 Å². The summed E-state index contributed by atoms with van der Waals surface area (Å²) in [4.78, 5) is 4.51. The zero-order chi connectivity index (χ0) is 26.6. The lowest BCUT2D eigenvalue weighted by molar-refractivity contribution is -0.142. The van der Waals surface area contributed by atoms with Crippen LogP contribution in [0, 0.1) is 17.5 Å². The van der Waals surface area contributed by atoms with Crippen molar-refractivity contribution in [1.82, 2.24) is 4.98 Å². The van der Waals surface area contributed by atoms with E-state index in [-0.39, 0.29) is 18.4 Å². The predicted octanol–water partition coefficient (Wildman–Crippen LogP) is 8.36. The molecule has 0 radical (unpaired) electrons. The number of aryl methyl sites for hydroxylation is 5. The highest BCUT2D eigenvalue weighted by atomic mass is 19.4. The van der Waals surface area contributed by atoms with Crippen molar-refractivity contribution in [1.29, 1.82) is 0 Å². The number of nitrogens with zero attached hydrogens (tertiary/aromatic N) is 1. The number of allylic oxidation sites excluding steroid dienone is 1. The molecule has 0 amide bonds. The second-order valence-electron chi connectivity index (χ2n) is 9.01. The zero-order valence-electron chi connectivity index (χ0n) is 20.0. The zero-order valence-corrected chi connectivity index (χ0v) is 20.0. The SMILES string of the molecule is C=CCCc1ccc(CCc2ccc3c(F)c(CCc4cc(F)c(C(F)(F)F)c(F)c4)ccc3c2)nc1. The van der Waals surface area contributed by atoms with Crippen molar-refractivity contribution >= 4 is 10.8 Å². The third-order valence-electron chi connectivity index (χ3n) is 6.36. The molecular weight excluding hydrogens is 488 g/mol. The van der Waals surface area contributed by atoms with Gasteiger partial charge in [0.1, 0.15) is 23.0 Å². The molecule has 0 N–H and O–H groups in total. The number of hydrogen-bond donors (Lipinski definition) is 0. The first kappa shape index (κ1) is 26.5. The van der Waals surface area contributed by atoms with Gasteiger partial charge >= 0.3 is 6.18 Å². The molecule has 0 unspecified atom stereocenters. The molecule has 0 atom stereocenters. The molecule has 0 bridgehead atoms. The Bertz CT molecular complexity index is 1380. The van der Waals surface area contributed by atoms with Crippen LogP contribution in [0.15, 0.2) is 73.4 Å². The minimum atomic E-state index is -5.12. The number of aromatic nitrogens is 1. The smallest absolute Gasteiger partial charge is 0.261 e. The molecule has 7 heteroatoms. The molecule has 3 aromatic carbocycles. The van der Waals surface area contributed by atoms with Crippen LogP contribution in [0.1, 0.15) is 39.9 Å². The number of pyridine rings is 1. The quantitative estimate of drug-likeness (QED) is 0.162. The maximum atomic E-state index is 15.1. The van der Waals surface area contributed by atoms with E-state index in [1.807, 2.05) is 30.5 Å². The van der Waals surface area contributed by atoms with E-state index < -0.39 is 29.2 Å². The predicted molar refractivity (Wildman–Crippen MR) is 133 cm³/mol. The third-order valence-corrected chi connectivity index (χ3v) is 6.36. The van der Waals surface area contributed by atoms with Crippen molar-refractivity contribution in [2.45, 2.75) is 44.7 Å². The van der Waals surface area contributed by atoms with Crippen LogP contribution in [-0.4, -0.2) is 4.98 Å². The lowest BCUT2D eigenvalue weighted by Gasteiger charge is -2.12. The number of rotatable bonds is 9. The van der Waals surface area contributed by atoms with Gasteiger partial charge in [-0.15, -0.1) is 6.58 Å². The van der Waals surface area contributed by atoms with Gasteiger partial charge in [-0.3, -0.25) is 4.98 Å². The Morgan fingerprint density at radius 1 is 0.730 bits per heavy atom. The molecule has 0 saturated heterocycles. The van der Waals surface area contributed by atoms with E-state index in [1.54, 1.807) is 18.2 Å². The van der Waals surface area contributed by atoms with Crippen LogP contribution >= 0.6 is 0 Å². The molecule has 0 spiro atoms. The summed E-state index contributed by atoms with van der Waals surface area (Å²) in [6.45, 7) is 3.72. The number of benzene rings is 3. The molecular formula is C30H25F6N. The monoisotopic (exact) mass is 513 g/mol. The summed E-state index contributed by atoms with van der Waals surface area (Å²) in [6, 6.07) is 14.2. The normalized spacial score (nSPS) is 11.7. The van der Waals surface area contributed by atoms with Crippen LogP contribution < -0.4 is 0 Å². The van der Waals surface area contributed by atoms with Crippen LogP contribution in [-0.2, 0) is 38.3 Å². The second-order valence-corrected chi connectivity index (χ2v) is 9.01. The first-order valence-corrected chi connectivity index (χ1v) is 12.0. The molecule has 0 saturated carbocycles. The minimum absolute atomic E-state index is 0.00807. The Kier molecular flexibility index (Phi) is 8.00. The fraction of sp³-hybridized carbons (Fsp3) is 0.233. The van der Waals surface area contributed by atoms with E-state index in [9.17, 15) is 22.0 Å². The average Bonchev–Trinajstić information content (AvgIpc) is 2.85. The molecule has 1 heterocycles. The highest BCUT2D eigenvalue weighted by Gasteiger charge is 2.37. The van der Waals surface area contributed by atoms with Crippen LogP contribution in [0.4, 0.5) is 26.3 Å². The van der Waals surface area contributed by atoms with Crippen LogP contribution in [0.5, 0.6) is 0 Å². The minimum Gasteiger partial charge on any atom is -0.261 e. The Labute approximate surface area is 211 Å². The highest BCUT2D eigenvalue weighted by Crippen LogP contribution is 2.34. The van der Waals surface area contributed by atoms with Gasteiger partial charge in [0.15, 0.2) is 0 Å². The molecule has 0 fully saturated rings. The first-order chi connectivity index (χ1) is 17.7. The van der Waals surface area contributed by atoms with Crippen LogP contribution in [0.2, 0.25) is 0 Å². The van der Waals surface area contributed by atoms with Gasteiger partial charge < -0.3 is 0 Å². The Morgan fingerprint density at radius 3 is 2.08 bits per heavy atom. The maximum absolute atomic E-state index is 15.1. The second kappa shape index (κ2) is 11.2. The number of alkyl halides is 3. The van der Waals surface area contributed by atoms with Gasteiger partial charge in [-0.1, -0.05) is 42.5 Å². The number of hydrogen-bond acceptors (Lipinski definition) is 1. The molecule has 4 aromatic rings. The Morgan fingerprint density at radius 2 is 1.43 bits per heavy atom. The van der Waals surface area contributed by atoms with Crippen molar-refractivity contribution in [2.24, 2.45) is 0 Å². The standard InChI is InChI=1S/C30H25F6N/c1-2-3-4-20-7-13-24(37-18-20)12-6-19-8-14-25-23(15-19)11-10-22(29(25)33)9-5-21-16-26(31)28(27(32)17-21)30(34,35)36/h2,7-8,10-11,13-18H,1,3-6,9,12H2. The van der Waals surface area contributed by atoms with Crippen molar-refractivity contribution in [2.75, 3.05) is 0 Å². The molecule has 0 aliphatic rings. The van der Waals surface area contributed by atoms with Gasteiger partial charge in [-0.05, 0) is 84.4 Å². The van der Waals surface area contributed by atoms with Gasteiger partial charge in [0.05, 0.1) is 0 Å². The van der Waals surface area contributed by atoms with E-state index in [0.29, 0.717) is 23.1 Å². The maximum Gasteiger partial charge on any atom is 0.422 e.